The molecule has 1 aromatic rings. The van der Waals surface area contributed by atoms with Crippen LogP contribution in [-0.2, 0) is 9.59 Å². The molecule has 1 aromatic carbocycles. The zero-order chi connectivity index (χ0) is 18.4. The van der Waals surface area contributed by atoms with E-state index < -0.39 is 0 Å². The second-order valence-electron chi connectivity index (χ2n) is 6.38. The van der Waals surface area contributed by atoms with E-state index in [9.17, 15) is 9.59 Å². The first-order valence-electron chi connectivity index (χ1n) is 8.58. The molecule has 0 unspecified atom stereocenters. The molecule has 0 spiro atoms. The van der Waals surface area contributed by atoms with E-state index in [0.717, 1.165) is 5.56 Å². The molecule has 0 N–H and O–H groups in total. The molecule has 0 heterocycles. The summed E-state index contributed by atoms with van der Waals surface area (Å²) in [6.07, 6.45) is 15.3. The maximum absolute atomic E-state index is 12.7. The van der Waals surface area contributed by atoms with Crippen LogP contribution in [0.2, 0.25) is 0 Å². The van der Waals surface area contributed by atoms with Crippen molar-refractivity contribution >= 4 is 17.3 Å². The van der Waals surface area contributed by atoms with Crippen LogP contribution in [0, 0.1) is 11.8 Å². The number of azide groups is 1. The van der Waals surface area contributed by atoms with Crippen LogP contribution in [0.25, 0.3) is 10.4 Å². The first kappa shape index (κ1) is 17.6. The third kappa shape index (κ3) is 4.08. The highest BCUT2D eigenvalue weighted by Gasteiger charge is 2.26. The summed E-state index contributed by atoms with van der Waals surface area (Å²) in [5.41, 5.74) is 10.0. The molecule has 2 aliphatic rings. The highest BCUT2D eigenvalue weighted by Crippen LogP contribution is 2.34. The fraction of sp³-hybridized carbons (Fsp3) is 0.238. The molecule has 3 rings (SSSR count). The molecule has 0 atom stereocenters. The van der Waals surface area contributed by atoms with Crippen molar-refractivity contribution < 1.29 is 9.59 Å². The van der Waals surface area contributed by atoms with Crippen LogP contribution in [0.4, 0.5) is 5.69 Å². The van der Waals surface area contributed by atoms with Gasteiger partial charge in [-0.05, 0) is 17.0 Å². The molecule has 5 heteroatoms. The average molecular weight is 345 g/mol. The summed E-state index contributed by atoms with van der Waals surface area (Å²) in [7, 11) is 0. The maximum Gasteiger partial charge on any atom is 0.144 e. The Morgan fingerprint density at radius 3 is 1.92 bits per heavy atom. The number of allylic oxidation sites excluding steroid dienone is 8. The standard InChI is InChI=1S/C21H19N3O2/c22-24-23-19-12-6-5-11-18(19)17(13-20(25)15-7-1-2-8-15)14-21(26)16-9-3-4-10-16/h1-12,15-17H,13-14H2. The third-order valence-electron chi connectivity index (χ3n) is 4.66. The zero-order valence-corrected chi connectivity index (χ0v) is 14.2. The summed E-state index contributed by atoms with van der Waals surface area (Å²) < 4.78 is 0. The predicted molar refractivity (Wildman–Crippen MR) is 101 cm³/mol. The fourth-order valence-corrected chi connectivity index (χ4v) is 3.31. The second-order valence-corrected chi connectivity index (χ2v) is 6.38. The first-order valence-corrected chi connectivity index (χ1v) is 8.58. The predicted octanol–water partition coefficient (Wildman–Crippen LogP) is 5.11. The molecule has 0 amide bonds. The fourth-order valence-electron chi connectivity index (χ4n) is 3.31. The van der Waals surface area contributed by atoms with Gasteiger partial charge in [0.2, 0.25) is 0 Å². The molecule has 5 nitrogen and oxygen atoms in total. The Morgan fingerprint density at radius 2 is 1.42 bits per heavy atom. The van der Waals surface area contributed by atoms with Crippen molar-refractivity contribution in [1.82, 2.24) is 0 Å². The molecule has 26 heavy (non-hydrogen) atoms. The van der Waals surface area contributed by atoms with Gasteiger partial charge in [-0.1, -0.05) is 78.0 Å². The van der Waals surface area contributed by atoms with Crippen molar-refractivity contribution in [2.45, 2.75) is 18.8 Å². The number of nitrogens with zero attached hydrogens (tertiary/aromatic N) is 3. The van der Waals surface area contributed by atoms with E-state index in [1.165, 1.54) is 0 Å². The van der Waals surface area contributed by atoms with Crippen molar-refractivity contribution in [3.8, 4) is 0 Å². The van der Waals surface area contributed by atoms with Gasteiger partial charge < -0.3 is 0 Å². The molecule has 0 saturated heterocycles. The van der Waals surface area contributed by atoms with E-state index >= 15 is 0 Å². The van der Waals surface area contributed by atoms with Gasteiger partial charge in [0, 0.05) is 23.4 Å². The van der Waals surface area contributed by atoms with E-state index in [-0.39, 0.29) is 42.2 Å². The monoisotopic (exact) mass is 345 g/mol. The van der Waals surface area contributed by atoms with Gasteiger partial charge in [-0.25, -0.2) is 0 Å². The van der Waals surface area contributed by atoms with Gasteiger partial charge in [0.15, 0.2) is 0 Å². The number of ketones is 2. The Morgan fingerprint density at radius 1 is 0.923 bits per heavy atom. The van der Waals surface area contributed by atoms with Crippen LogP contribution in [0.5, 0.6) is 0 Å². The Kier molecular flexibility index (Phi) is 5.62. The van der Waals surface area contributed by atoms with Crippen LogP contribution < -0.4 is 0 Å². The first-order chi connectivity index (χ1) is 12.7. The quantitative estimate of drug-likeness (QED) is 0.372. The number of hydrogen-bond acceptors (Lipinski definition) is 3. The van der Waals surface area contributed by atoms with Crippen LogP contribution in [0.1, 0.15) is 24.3 Å². The van der Waals surface area contributed by atoms with Crippen molar-refractivity contribution in [2.75, 3.05) is 0 Å². The minimum Gasteiger partial charge on any atom is -0.299 e. The van der Waals surface area contributed by atoms with Crippen LogP contribution in [0.15, 0.2) is 78.0 Å². The zero-order valence-electron chi connectivity index (χ0n) is 14.2. The average Bonchev–Trinajstić information content (AvgIpc) is 3.35. The van der Waals surface area contributed by atoms with Gasteiger partial charge in [0.1, 0.15) is 11.6 Å². The van der Waals surface area contributed by atoms with Crippen LogP contribution >= 0.6 is 0 Å². The van der Waals surface area contributed by atoms with Crippen LogP contribution in [0.3, 0.4) is 0 Å². The lowest BCUT2D eigenvalue weighted by Crippen LogP contribution is -2.18. The number of rotatable bonds is 8. The minimum atomic E-state index is -0.318. The third-order valence-corrected chi connectivity index (χ3v) is 4.66. The van der Waals surface area contributed by atoms with E-state index in [0.29, 0.717) is 5.69 Å². The lowest BCUT2D eigenvalue weighted by molar-refractivity contribution is -0.122. The number of benzene rings is 1. The molecule has 2 aliphatic carbocycles. The molecule has 0 fully saturated rings. The largest absolute Gasteiger partial charge is 0.299 e. The van der Waals surface area contributed by atoms with E-state index in [2.05, 4.69) is 10.0 Å². The van der Waals surface area contributed by atoms with Crippen molar-refractivity contribution in [1.29, 1.82) is 0 Å². The van der Waals surface area contributed by atoms with Gasteiger partial charge in [-0.3, -0.25) is 9.59 Å². The molecule has 0 aliphatic heterocycles. The lowest BCUT2D eigenvalue weighted by atomic mass is 9.83. The minimum absolute atomic E-state index is 0.0565. The van der Waals surface area contributed by atoms with Crippen molar-refractivity contribution in [2.24, 2.45) is 17.0 Å². The SMILES string of the molecule is [N-]=[N+]=Nc1ccccc1C(CC(=O)C1C=CC=C1)CC(=O)C1C=CC=C1. The van der Waals surface area contributed by atoms with Gasteiger partial charge in [-0.15, -0.1) is 0 Å². The molecule has 130 valence electrons. The normalized spacial score (nSPS) is 15.7. The molecular weight excluding hydrogens is 326 g/mol. The van der Waals surface area contributed by atoms with Crippen molar-refractivity contribution in [3.63, 3.8) is 0 Å². The number of Topliss-reactive ketones (excluding diaryl/α,β-unsaturated/α-hetero) is 2. The summed E-state index contributed by atoms with van der Waals surface area (Å²) in [6, 6.07) is 7.15. The van der Waals surface area contributed by atoms with E-state index in [4.69, 9.17) is 5.53 Å². The number of carbonyl (C=O) groups excluding carboxylic acids is 2. The number of carbonyl (C=O) groups is 2. The molecule has 0 aromatic heterocycles. The van der Waals surface area contributed by atoms with Gasteiger partial charge in [0.25, 0.3) is 0 Å². The molecular formula is C21H19N3O2. The summed E-state index contributed by atoms with van der Waals surface area (Å²) in [4.78, 5) is 28.2. The summed E-state index contributed by atoms with van der Waals surface area (Å²) in [5, 5.41) is 3.74. The summed E-state index contributed by atoms with van der Waals surface area (Å²) in [6.45, 7) is 0. The van der Waals surface area contributed by atoms with Crippen molar-refractivity contribution in [3.05, 3.63) is 88.9 Å². The molecule has 0 bridgehead atoms. The Balaban J connectivity index is 1.86. The molecule has 0 radical (unpaired) electrons. The van der Waals surface area contributed by atoms with Gasteiger partial charge >= 0.3 is 0 Å². The smallest absolute Gasteiger partial charge is 0.144 e. The summed E-state index contributed by atoms with van der Waals surface area (Å²) in [5.74, 6) is -0.695. The van der Waals surface area contributed by atoms with Crippen LogP contribution in [-0.4, -0.2) is 11.6 Å². The maximum atomic E-state index is 12.7. The van der Waals surface area contributed by atoms with Gasteiger partial charge in [-0.2, -0.15) is 0 Å². The number of hydrogen-bond donors (Lipinski definition) is 0. The topological polar surface area (TPSA) is 82.9 Å². The van der Waals surface area contributed by atoms with E-state index in [1.54, 1.807) is 12.1 Å². The summed E-state index contributed by atoms with van der Waals surface area (Å²) >= 11 is 0. The highest BCUT2D eigenvalue weighted by molar-refractivity contribution is 5.89. The van der Waals surface area contributed by atoms with E-state index in [1.807, 2.05) is 60.7 Å². The lowest BCUT2D eigenvalue weighted by Gasteiger charge is -2.20. The Labute approximate surface area is 152 Å². The molecule has 0 saturated carbocycles. The Hall–Kier alpha value is -3.17. The second kappa shape index (κ2) is 8.28. The highest BCUT2D eigenvalue weighted by atomic mass is 16.1. The van der Waals surface area contributed by atoms with Gasteiger partial charge in [0.05, 0.1) is 11.8 Å². The Bertz CT molecular complexity index is 807.